The lowest BCUT2D eigenvalue weighted by Crippen LogP contribution is -2.37. The highest BCUT2D eigenvalue weighted by molar-refractivity contribution is 6.31. The van der Waals surface area contributed by atoms with Gasteiger partial charge in [-0.1, -0.05) is 11.6 Å². The Labute approximate surface area is 263 Å². The number of aromatic nitrogens is 4. The standard InChI is InChI=1S/C31H14ClF6N7O2/c32-21-2-1-15(33)8-20(21)26-25-23(42-29(46)13-5-14(31(36,37)38)7-16(34)6-13)10-18(17-3-4-44(27(17)25)30(47)43-26)19-9-22(35)28-40-12-41-45(28)24(19)11-39/h1-10,12,26H,(H,42,46)(H,43,47). The summed E-state index contributed by atoms with van der Waals surface area (Å²) in [6, 6.07) is 8.49. The first-order valence-electron chi connectivity index (χ1n) is 13.4. The molecule has 3 aromatic carbocycles. The Morgan fingerprint density at radius 2 is 1.81 bits per heavy atom. The molecule has 1 aliphatic rings. The predicted octanol–water partition coefficient (Wildman–Crippen LogP) is 7.23. The van der Waals surface area contributed by atoms with E-state index in [1.807, 2.05) is 6.07 Å². The van der Waals surface area contributed by atoms with Crippen LogP contribution in [0, 0.1) is 28.8 Å². The van der Waals surface area contributed by atoms with Crippen molar-refractivity contribution in [3.8, 4) is 17.2 Å². The van der Waals surface area contributed by atoms with E-state index in [1.54, 1.807) is 0 Å². The van der Waals surface area contributed by atoms with E-state index in [2.05, 4.69) is 20.7 Å². The number of nitrogens with zero attached hydrogens (tertiary/aromatic N) is 5. The molecular formula is C31H14ClF6N7O2. The lowest BCUT2D eigenvalue weighted by Gasteiger charge is -2.30. The number of fused-ring (bicyclic) bond motifs is 1. The number of nitriles is 1. The number of rotatable bonds is 4. The minimum absolute atomic E-state index is 0.0247. The molecule has 0 aliphatic carbocycles. The number of carbonyl (C=O) groups is 2. The van der Waals surface area contributed by atoms with Gasteiger partial charge < -0.3 is 10.6 Å². The number of anilines is 1. The number of hydrogen-bond donors (Lipinski definition) is 2. The second-order valence-electron chi connectivity index (χ2n) is 10.4. The highest BCUT2D eigenvalue weighted by Gasteiger charge is 2.35. The van der Waals surface area contributed by atoms with E-state index in [0.717, 1.165) is 33.6 Å². The van der Waals surface area contributed by atoms with Crippen LogP contribution in [-0.2, 0) is 6.18 Å². The summed E-state index contributed by atoms with van der Waals surface area (Å²) in [5.74, 6) is -4.10. The van der Waals surface area contributed by atoms with E-state index in [9.17, 15) is 36.8 Å². The summed E-state index contributed by atoms with van der Waals surface area (Å²) in [6.07, 6.45) is -2.58. The van der Waals surface area contributed by atoms with E-state index in [1.165, 1.54) is 24.4 Å². The first kappa shape index (κ1) is 29.8. The third-order valence-corrected chi connectivity index (χ3v) is 8.03. The van der Waals surface area contributed by atoms with Crippen LogP contribution in [0.15, 0.2) is 67.1 Å². The Morgan fingerprint density at radius 1 is 1.02 bits per heavy atom. The van der Waals surface area contributed by atoms with Gasteiger partial charge >= 0.3 is 12.2 Å². The Kier molecular flexibility index (Phi) is 6.72. The van der Waals surface area contributed by atoms with Gasteiger partial charge in [0.15, 0.2) is 17.2 Å². The molecule has 6 aromatic rings. The van der Waals surface area contributed by atoms with Crippen molar-refractivity contribution in [2.24, 2.45) is 0 Å². The van der Waals surface area contributed by atoms with Gasteiger partial charge in [-0.05, 0) is 60.2 Å². The first-order valence-corrected chi connectivity index (χ1v) is 13.8. The lowest BCUT2D eigenvalue weighted by atomic mass is 9.89. The molecule has 2 amide bonds. The summed E-state index contributed by atoms with van der Waals surface area (Å²) in [6.45, 7) is 0. The van der Waals surface area contributed by atoms with Gasteiger partial charge in [-0.15, -0.1) is 0 Å². The van der Waals surface area contributed by atoms with Crippen molar-refractivity contribution in [2.75, 3.05) is 5.32 Å². The number of amides is 2. The predicted molar refractivity (Wildman–Crippen MR) is 155 cm³/mol. The topological polar surface area (TPSA) is 117 Å². The van der Waals surface area contributed by atoms with Crippen LogP contribution in [0.1, 0.15) is 38.8 Å². The smallest absolute Gasteiger partial charge is 0.326 e. The maximum atomic E-state index is 15.2. The SMILES string of the molecule is N#Cc1c(-c2cc(NC(=O)c3cc(F)cc(C(F)(F)F)c3)c3c4c2ccn4C(=O)NC3c2cc(F)ccc2Cl)cc(F)c2ncnn12. The van der Waals surface area contributed by atoms with Crippen molar-refractivity contribution < 1.29 is 35.9 Å². The Balaban J connectivity index is 1.52. The van der Waals surface area contributed by atoms with Crippen molar-refractivity contribution in [1.82, 2.24) is 24.5 Å². The van der Waals surface area contributed by atoms with Crippen molar-refractivity contribution in [3.63, 3.8) is 0 Å². The summed E-state index contributed by atoms with van der Waals surface area (Å²) >= 11 is 6.42. The molecule has 0 saturated carbocycles. The minimum Gasteiger partial charge on any atom is -0.326 e. The molecule has 1 unspecified atom stereocenters. The highest BCUT2D eigenvalue weighted by atomic mass is 35.5. The number of pyridine rings is 1. The Hall–Kier alpha value is -5.88. The zero-order valence-corrected chi connectivity index (χ0v) is 23.9. The molecule has 0 radical (unpaired) electrons. The van der Waals surface area contributed by atoms with Gasteiger partial charge in [-0.2, -0.15) is 28.0 Å². The molecule has 4 heterocycles. The van der Waals surface area contributed by atoms with E-state index < -0.39 is 52.7 Å². The third-order valence-electron chi connectivity index (χ3n) is 7.69. The van der Waals surface area contributed by atoms with Gasteiger partial charge in [-0.25, -0.2) is 22.9 Å². The fourth-order valence-corrected chi connectivity index (χ4v) is 5.93. The van der Waals surface area contributed by atoms with Gasteiger partial charge in [0.25, 0.3) is 5.91 Å². The molecule has 0 bridgehead atoms. The summed E-state index contributed by atoms with van der Waals surface area (Å²) in [4.78, 5) is 30.7. The average Bonchev–Trinajstić information content (AvgIpc) is 3.69. The zero-order valence-electron chi connectivity index (χ0n) is 23.1. The van der Waals surface area contributed by atoms with Crippen LogP contribution in [0.5, 0.6) is 0 Å². The second-order valence-corrected chi connectivity index (χ2v) is 10.8. The molecule has 1 atom stereocenters. The highest BCUT2D eigenvalue weighted by Crippen LogP contribution is 2.45. The molecule has 3 aromatic heterocycles. The fraction of sp³-hybridized carbons (Fsp3) is 0.0645. The third kappa shape index (κ3) is 4.81. The van der Waals surface area contributed by atoms with Crippen LogP contribution in [0.25, 0.3) is 27.7 Å². The summed E-state index contributed by atoms with van der Waals surface area (Å²) in [5, 5.41) is 19.5. The molecule has 0 fully saturated rings. The number of nitrogens with one attached hydrogen (secondary N) is 2. The first-order chi connectivity index (χ1) is 22.3. The van der Waals surface area contributed by atoms with Crippen molar-refractivity contribution >= 4 is 45.8 Å². The van der Waals surface area contributed by atoms with Crippen LogP contribution in [0.2, 0.25) is 5.02 Å². The second kappa shape index (κ2) is 10.6. The molecule has 9 nitrogen and oxygen atoms in total. The van der Waals surface area contributed by atoms with Crippen molar-refractivity contribution in [3.05, 3.63) is 118 Å². The molecular weight excluding hydrogens is 652 g/mol. The Morgan fingerprint density at radius 3 is 2.55 bits per heavy atom. The van der Waals surface area contributed by atoms with E-state index in [4.69, 9.17) is 11.6 Å². The van der Waals surface area contributed by atoms with E-state index >= 15 is 4.39 Å². The molecule has 2 N–H and O–H groups in total. The molecule has 0 saturated heterocycles. The molecule has 16 heteroatoms. The molecule has 0 spiro atoms. The minimum atomic E-state index is -4.97. The van der Waals surface area contributed by atoms with Crippen LogP contribution >= 0.6 is 11.6 Å². The maximum Gasteiger partial charge on any atom is 0.416 e. The van der Waals surface area contributed by atoms with Gasteiger partial charge in [0.2, 0.25) is 0 Å². The van der Waals surface area contributed by atoms with Crippen LogP contribution in [0.3, 0.4) is 0 Å². The largest absolute Gasteiger partial charge is 0.416 e. The summed E-state index contributed by atoms with van der Waals surface area (Å²) < 4.78 is 86.5. The average molecular weight is 666 g/mol. The molecule has 7 rings (SSSR count). The zero-order chi connectivity index (χ0) is 33.4. The summed E-state index contributed by atoms with van der Waals surface area (Å²) in [5.41, 5.74) is -2.36. The van der Waals surface area contributed by atoms with Crippen molar-refractivity contribution in [2.45, 2.75) is 12.2 Å². The van der Waals surface area contributed by atoms with E-state index in [0.29, 0.717) is 12.1 Å². The summed E-state index contributed by atoms with van der Waals surface area (Å²) in [7, 11) is 0. The van der Waals surface area contributed by atoms with Crippen molar-refractivity contribution in [1.29, 1.82) is 5.26 Å². The number of halogens is 7. The van der Waals surface area contributed by atoms with Gasteiger partial charge in [0, 0.05) is 44.5 Å². The monoisotopic (exact) mass is 665 g/mol. The van der Waals surface area contributed by atoms with Gasteiger partial charge in [-0.3, -0.25) is 9.36 Å². The van der Waals surface area contributed by atoms with Crippen LogP contribution in [-0.4, -0.2) is 31.1 Å². The number of hydrogen-bond acceptors (Lipinski definition) is 5. The van der Waals surface area contributed by atoms with E-state index in [-0.39, 0.29) is 61.3 Å². The van der Waals surface area contributed by atoms with Crippen LogP contribution < -0.4 is 10.6 Å². The fourth-order valence-electron chi connectivity index (χ4n) is 5.71. The molecule has 1 aliphatic heterocycles. The molecule has 47 heavy (non-hydrogen) atoms. The number of alkyl halides is 3. The lowest BCUT2D eigenvalue weighted by molar-refractivity contribution is -0.137. The number of benzene rings is 3. The van der Waals surface area contributed by atoms with Gasteiger partial charge in [0.1, 0.15) is 24.0 Å². The number of carbonyl (C=O) groups excluding carboxylic acids is 2. The Bertz CT molecular complexity index is 2380. The van der Waals surface area contributed by atoms with Crippen LogP contribution in [0.4, 0.5) is 36.8 Å². The normalized spacial score (nSPS) is 14.3. The van der Waals surface area contributed by atoms with Gasteiger partial charge in [0.05, 0.1) is 17.1 Å². The molecule has 234 valence electrons. The quantitative estimate of drug-likeness (QED) is 0.193. The maximum absolute atomic E-state index is 15.2.